The molecule has 0 aliphatic heterocycles. The number of hydrogen-bond acceptors (Lipinski definition) is 7. The maximum Gasteiger partial charge on any atom is 0.261 e. The third kappa shape index (κ3) is 4.63. The summed E-state index contributed by atoms with van der Waals surface area (Å²) in [6, 6.07) is 3.84. The summed E-state index contributed by atoms with van der Waals surface area (Å²) in [5, 5.41) is 2.96. The Morgan fingerprint density at radius 2 is 1.74 bits per heavy atom. The quantitative estimate of drug-likeness (QED) is 0.372. The van der Waals surface area contributed by atoms with Crippen LogP contribution in [0.1, 0.15) is 58.7 Å². The van der Waals surface area contributed by atoms with E-state index in [-0.39, 0.29) is 11.5 Å². The third-order valence-corrected chi connectivity index (χ3v) is 6.52. The van der Waals surface area contributed by atoms with Crippen LogP contribution in [0.25, 0.3) is 17.1 Å². The van der Waals surface area contributed by atoms with Gasteiger partial charge in [0.15, 0.2) is 0 Å². The number of aromatic nitrogens is 5. The van der Waals surface area contributed by atoms with Gasteiger partial charge >= 0.3 is 0 Å². The van der Waals surface area contributed by atoms with Gasteiger partial charge in [0, 0.05) is 35.5 Å². The van der Waals surface area contributed by atoms with Crippen LogP contribution in [0, 0.1) is 34.6 Å². The van der Waals surface area contributed by atoms with E-state index < -0.39 is 0 Å². The molecule has 4 aromatic heterocycles. The van der Waals surface area contributed by atoms with Gasteiger partial charge in [0.25, 0.3) is 5.56 Å². The van der Waals surface area contributed by atoms with E-state index in [1.54, 1.807) is 29.0 Å². The molecule has 0 bridgehead atoms. The molecule has 0 aliphatic rings. The predicted octanol–water partition coefficient (Wildman–Crippen LogP) is 5.39. The Bertz CT molecular complexity index is 1420. The molecular formula is C26H29N5O2S. The van der Waals surface area contributed by atoms with Crippen molar-refractivity contribution in [2.45, 2.75) is 61.0 Å². The van der Waals surface area contributed by atoms with Gasteiger partial charge in [0.2, 0.25) is 0 Å². The molecule has 34 heavy (non-hydrogen) atoms. The van der Waals surface area contributed by atoms with Gasteiger partial charge in [-0.1, -0.05) is 13.8 Å². The Kier molecular flexibility index (Phi) is 6.61. The number of nitrogens with zero attached hydrogens (tertiary/aromatic N) is 5. The second kappa shape index (κ2) is 9.46. The molecule has 7 nitrogen and oxygen atoms in total. The number of pyridine rings is 2. The first-order valence-corrected chi connectivity index (χ1v) is 12.1. The lowest BCUT2D eigenvalue weighted by atomic mass is 10.1. The molecule has 4 rings (SSSR count). The van der Waals surface area contributed by atoms with E-state index in [9.17, 15) is 4.79 Å². The van der Waals surface area contributed by atoms with Gasteiger partial charge in [-0.25, -0.2) is 15.0 Å². The second-order valence-corrected chi connectivity index (χ2v) is 9.89. The van der Waals surface area contributed by atoms with Crippen molar-refractivity contribution in [3.63, 3.8) is 0 Å². The summed E-state index contributed by atoms with van der Waals surface area (Å²) < 4.78 is 7.68. The number of ether oxygens (including phenoxy) is 1. The fraction of sp³-hybridized carbons (Fsp3) is 0.346. The van der Waals surface area contributed by atoms with Crippen LogP contribution >= 0.6 is 11.3 Å². The fourth-order valence-corrected chi connectivity index (χ4v) is 4.35. The highest BCUT2D eigenvalue weighted by molar-refractivity contribution is 7.09. The van der Waals surface area contributed by atoms with Gasteiger partial charge in [-0.3, -0.25) is 14.3 Å². The maximum atomic E-state index is 13.5. The van der Waals surface area contributed by atoms with Crippen LogP contribution in [0.15, 0.2) is 34.7 Å². The highest BCUT2D eigenvalue weighted by Crippen LogP contribution is 2.26. The Morgan fingerprint density at radius 3 is 2.41 bits per heavy atom. The van der Waals surface area contributed by atoms with Crippen LogP contribution in [0.5, 0.6) is 5.75 Å². The Morgan fingerprint density at radius 1 is 1.00 bits per heavy atom. The highest BCUT2D eigenvalue weighted by Gasteiger charge is 2.17. The summed E-state index contributed by atoms with van der Waals surface area (Å²) in [5.74, 6) is 1.55. The highest BCUT2D eigenvalue weighted by atomic mass is 32.1. The van der Waals surface area contributed by atoms with Gasteiger partial charge in [0.05, 0.1) is 33.3 Å². The lowest BCUT2D eigenvalue weighted by molar-refractivity contribution is 0.298. The smallest absolute Gasteiger partial charge is 0.261 e. The first-order chi connectivity index (χ1) is 16.2. The monoisotopic (exact) mass is 475 g/mol. The average Bonchev–Trinajstić information content (AvgIpc) is 3.22. The zero-order valence-corrected chi connectivity index (χ0v) is 21.4. The molecule has 0 spiro atoms. The normalized spacial score (nSPS) is 11.3. The minimum atomic E-state index is -0.119. The number of rotatable bonds is 6. The van der Waals surface area contributed by atoms with Crippen molar-refractivity contribution in [3.8, 4) is 22.8 Å². The lowest BCUT2D eigenvalue weighted by Gasteiger charge is -2.17. The van der Waals surface area contributed by atoms with E-state index in [0.717, 1.165) is 44.7 Å². The molecule has 0 amide bonds. The van der Waals surface area contributed by atoms with Crippen molar-refractivity contribution in [1.29, 1.82) is 0 Å². The van der Waals surface area contributed by atoms with E-state index in [4.69, 9.17) is 9.72 Å². The van der Waals surface area contributed by atoms with Crippen LogP contribution < -0.4 is 10.3 Å². The average molecular weight is 476 g/mol. The molecule has 0 saturated heterocycles. The van der Waals surface area contributed by atoms with Crippen LogP contribution in [-0.4, -0.2) is 24.5 Å². The van der Waals surface area contributed by atoms with E-state index in [2.05, 4.69) is 28.8 Å². The zero-order chi connectivity index (χ0) is 24.6. The molecule has 4 aromatic rings. The summed E-state index contributed by atoms with van der Waals surface area (Å²) >= 11 is 1.58. The molecule has 8 heteroatoms. The topological polar surface area (TPSA) is 82.8 Å². The summed E-state index contributed by atoms with van der Waals surface area (Å²) in [6.07, 6.45) is 3.62. The third-order valence-electron chi connectivity index (χ3n) is 5.69. The molecular weight excluding hydrogens is 446 g/mol. The first-order valence-electron chi connectivity index (χ1n) is 11.2. The van der Waals surface area contributed by atoms with Gasteiger partial charge in [-0.2, -0.15) is 0 Å². The molecule has 0 unspecified atom stereocenters. The van der Waals surface area contributed by atoms with Gasteiger partial charge in [-0.05, 0) is 51.8 Å². The largest absolute Gasteiger partial charge is 0.487 e. The van der Waals surface area contributed by atoms with Crippen molar-refractivity contribution < 1.29 is 4.74 Å². The molecule has 176 valence electrons. The first kappa shape index (κ1) is 23.8. The lowest BCUT2D eigenvalue weighted by Crippen LogP contribution is -2.24. The standard InChI is InChI=1S/C26H29N5O2S/c1-14(2)25-28-11-16(4)24(30-25)21-9-22(15(3)10-27-21)31-17(5)8-23(18(6)26(31)32)33-12-20-13-34-19(7)29-20/h8-11,13-14H,12H2,1-7H3. The molecule has 4 heterocycles. The minimum absolute atomic E-state index is 0.119. The number of thiazole rings is 1. The van der Waals surface area contributed by atoms with Crippen molar-refractivity contribution in [3.05, 3.63) is 79.2 Å². The minimum Gasteiger partial charge on any atom is -0.487 e. The molecule has 0 fully saturated rings. The van der Waals surface area contributed by atoms with Crippen LogP contribution in [0.2, 0.25) is 0 Å². The fourth-order valence-electron chi connectivity index (χ4n) is 3.75. The summed E-state index contributed by atoms with van der Waals surface area (Å²) in [6.45, 7) is 14.0. The summed E-state index contributed by atoms with van der Waals surface area (Å²) in [7, 11) is 0. The summed E-state index contributed by atoms with van der Waals surface area (Å²) in [4.78, 5) is 31.7. The van der Waals surface area contributed by atoms with Gasteiger partial charge < -0.3 is 4.74 Å². The van der Waals surface area contributed by atoms with Crippen molar-refractivity contribution >= 4 is 11.3 Å². The Hall–Kier alpha value is -3.39. The SMILES string of the molecule is Cc1nc(COc2cc(C)n(-c3cc(-c4nc(C(C)C)ncc4C)ncc3C)c(=O)c2C)cs1. The van der Waals surface area contributed by atoms with Crippen molar-refractivity contribution in [2.75, 3.05) is 0 Å². The van der Waals surface area contributed by atoms with Crippen LogP contribution in [0.3, 0.4) is 0 Å². The predicted molar refractivity (Wildman–Crippen MR) is 135 cm³/mol. The molecule has 0 saturated carbocycles. The molecule has 0 aliphatic carbocycles. The molecule has 0 N–H and O–H groups in total. The molecule has 0 aromatic carbocycles. The van der Waals surface area contributed by atoms with E-state index in [1.165, 1.54) is 0 Å². The molecule has 0 radical (unpaired) electrons. The number of aryl methyl sites for hydroxylation is 4. The van der Waals surface area contributed by atoms with E-state index >= 15 is 0 Å². The van der Waals surface area contributed by atoms with E-state index in [1.807, 2.05) is 51.4 Å². The second-order valence-electron chi connectivity index (χ2n) is 8.83. The number of hydrogen-bond donors (Lipinski definition) is 0. The maximum absolute atomic E-state index is 13.5. The van der Waals surface area contributed by atoms with Crippen molar-refractivity contribution in [1.82, 2.24) is 24.5 Å². The van der Waals surface area contributed by atoms with E-state index in [0.29, 0.717) is 23.6 Å². The van der Waals surface area contributed by atoms with Gasteiger partial charge in [0.1, 0.15) is 18.2 Å². The van der Waals surface area contributed by atoms with Crippen molar-refractivity contribution in [2.24, 2.45) is 0 Å². The molecule has 0 atom stereocenters. The van der Waals surface area contributed by atoms with Gasteiger partial charge in [-0.15, -0.1) is 11.3 Å². The van der Waals surface area contributed by atoms with Crippen LogP contribution in [0.4, 0.5) is 0 Å². The summed E-state index contributed by atoms with van der Waals surface area (Å²) in [5.41, 5.74) is 6.18. The Labute approximate surface area is 203 Å². The van der Waals surface area contributed by atoms with Crippen LogP contribution in [-0.2, 0) is 6.61 Å². The Balaban J connectivity index is 1.76. The zero-order valence-electron chi connectivity index (χ0n) is 20.6.